The van der Waals surface area contributed by atoms with E-state index >= 15 is 0 Å². The predicted octanol–water partition coefficient (Wildman–Crippen LogP) is 3.10. The van der Waals surface area contributed by atoms with Gasteiger partial charge in [-0.1, -0.05) is 13.0 Å². The summed E-state index contributed by atoms with van der Waals surface area (Å²) >= 11 is 0. The number of imidazole rings is 1. The van der Waals surface area contributed by atoms with Gasteiger partial charge < -0.3 is 9.88 Å². The van der Waals surface area contributed by atoms with Gasteiger partial charge in [0.15, 0.2) is 0 Å². The molecule has 0 saturated carbocycles. The minimum atomic E-state index is -4.33. The first-order valence-electron chi connectivity index (χ1n) is 6.98. The Morgan fingerprint density at radius 3 is 2.86 bits per heavy atom. The van der Waals surface area contributed by atoms with Crippen molar-refractivity contribution in [2.75, 3.05) is 6.54 Å². The number of alkyl halides is 3. The molecule has 0 bridgehead atoms. The zero-order chi connectivity index (χ0) is 15.0. The standard InChI is InChI=1S/C15H16F3N3/c1-2-14-20-12-9-19-7-6-13(12)21(14)11-5-3-4-10(8-11)15(16,17)18/h3-5,8,19H,2,6-7,9H2,1H3. The van der Waals surface area contributed by atoms with Crippen molar-refractivity contribution in [2.45, 2.75) is 32.5 Å². The number of nitrogens with one attached hydrogen (secondary N) is 1. The number of benzene rings is 1. The molecule has 3 nitrogen and oxygen atoms in total. The highest BCUT2D eigenvalue weighted by Crippen LogP contribution is 2.31. The van der Waals surface area contributed by atoms with Crippen LogP contribution in [0.2, 0.25) is 0 Å². The molecule has 0 spiro atoms. The summed E-state index contributed by atoms with van der Waals surface area (Å²) in [5.74, 6) is 0.808. The lowest BCUT2D eigenvalue weighted by Crippen LogP contribution is -2.24. The zero-order valence-corrected chi connectivity index (χ0v) is 11.7. The summed E-state index contributed by atoms with van der Waals surface area (Å²) in [6.07, 6.45) is -2.87. The fourth-order valence-electron chi connectivity index (χ4n) is 2.73. The Labute approximate surface area is 120 Å². The van der Waals surface area contributed by atoms with Crippen molar-refractivity contribution in [2.24, 2.45) is 0 Å². The quantitative estimate of drug-likeness (QED) is 0.922. The average molecular weight is 295 g/mol. The summed E-state index contributed by atoms with van der Waals surface area (Å²) in [6, 6.07) is 5.45. The number of nitrogens with zero attached hydrogens (tertiary/aromatic N) is 2. The van der Waals surface area contributed by atoms with E-state index in [2.05, 4.69) is 10.3 Å². The summed E-state index contributed by atoms with van der Waals surface area (Å²) in [5.41, 5.74) is 1.87. The van der Waals surface area contributed by atoms with E-state index in [1.165, 1.54) is 12.1 Å². The maximum atomic E-state index is 12.9. The van der Waals surface area contributed by atoms with Crippen molar-refractivity contribution in [1.82, 2.24) is 14.9 Å². The first-order chi connectivity index (χ1) is 10.0. The van der Waals surface area contributed by atoms with Crippen molar-refractivity contribution in [3.05, 3.63) is 47.0 Å². The Bertz CT molecular complexity index is 659. The van der Waals surface area contributed by atoms with Crippen LogP contribution < -0.4 is 5.32 Å². The van der Waals surface area contributed by atoms with Gasteiger partial charge in [-0.3, -0.25) is 0 Å². The van der Waals surface area contributed by atoms with Crippen LogP contribution in [0.3, 0.4) is 0 Å². The van der Waals surface area contributed by atoms with Crippen molar-refractivity contribution in [3.63, 3.8) is 0 Å². The molecule has 0 unspecified atom stereocenters. The molecule has 0 fully saturated rings. The van der Waals surface area contributed by atoms with E-state index in [1.54, 1.807) is 6.07 Å². The topological polar surface area (TPSA) is 29.9 Å². The minimum absolute atomic E-state index is 0.539. The van der Waals surface area contributed by atoms with Gasteiger partial charge >= 0.3 is 6.18 Å². The Morgan fingerprint density at radius 2 is 2.14 bits per heavy atom. The summed E-state index contributed by atoms with van der Waals surface area (Å²) in [4.78, 5) is 4.56. The Morgan fingerprint density at radius 1 is 1.33 bits per heavy atom. The van der Waals surface area contributed by atoms with Gasteiger partial charge in [0.1, 0.15) is 5.82 Å². The summed E-state index contributed by atoms with van der Waals surface area (Å²) in [7, 11) is 0. The minimum Gasteiger partial charge on any atom is -0.311 e. The largest absolute Gasteiger partial charge is 0.416 e. The van der Waals surface area contributed by atoms with Gasteiger partial charge in [0.2, 0.25) is 0 Å². The molecule has 1 N–H and O–H groups in total. The van der Waals surface area contributed by atoms with Crippen LogP contribution in [0.5, 0.6) is 0 Å². The second kappa shape index (κ2) is 5.18. The molecule has 2 aromatic rings. The van der Waals surface area contributed by atoms with Crippen molar-refractivity contribution in [1.29, 1.82) is 0 Å². The number of rotatable bonds is 2. The van der Waals surface area contributed by atoms with E-state index in [0.29, 0.717) is 18.7 Å². The molecule has 0 aliphatic carbocycles. The van der Waals surface area contributed by atoms with Crippen LogP contribution in [0.1, 0.15) is 29.7 Å². The molecule has 1 aromatic carbocycles. The van der Waals surface area contributed by atoms with Crippen LogP contribution in [-0.2, 0) is 25.6 Å². The van der Waals surface area contributed by atoms with Gasteiger partial charge in [-0.25, -0.2) is 4.98 Å². The van der Waals surface area contributed by atoms with Gasteiger partial charge in [0, 0.05) is 37.3 Å². The van der Waals surface area contributed by atoms with Gasteiger partial charge in [-0.15, -0.1) is 0 Å². The lowest BCUT2D eigenvalue weighted by atomic mass is 10.1. The lowest BCUT2D eigenvalue weighted by molar-refractivity contribution is -0.137. The molecule has 0 amide bonds. The highest BCUT2D eigenvalue weighted by Gasteiger charge is 2.31. The average Bonchev–Trinajstić information content (AvgIpc) is 2.85. The molecule has 0 saturated heterocycles. The van der Waals surface area contributed by atoms with E-state index in [4.69, 9.17) is 0 Å². The second-order valence-electron chi connectivity index (χ2n) is 5.09. The van der Waals surface area contributed by atoms with Crippen LogP contribution in [0, 0.1) is 0 Å². The molecule has 0 atom stereocenters. The van der Waals surface area contributed by atoms with Gasteiger partial charge in [0.05, 0.1) is 11.3 Å². The SMILES string of the molecule is CCc1nc2c(n1-c1cccc(C(F)(F)F)c1)CCNC2. The van der Waals surface area contributed by atoms with Crippen molar-refractivity contribution in [3.8, 4) is 5.69 Å². The number of aromatic nitrogens is 2. The summed E-state index contributed by atoms with van der Waals surface area (Å²) < 4.78 is 40.6. The van der Waals surface area contributed by atoms with E-state index in [1.807, 2.05) is 11.5 Å². The molecule has 2 heterocycles. The smallest absolute Gasteiger partial charge is 0.311 e. The molecule has 1 aliphatic heterocycles. The summed E-state index contributed by atoms with van der Waals surface area (Å²) in [6.45, 7) is 3.46. The van der Waals surface area contributed by atoms with Crippen LogP contribution in [0.15, 0.2) is 24.3 Å². The molecule has 21 heavy (non-hydrogen) atoms. The first-order valence-corrected chi connectivity index (χ1v) is 6.98. The van der Waals surface area contributed by atoms with Gasteiger partial charge in [-0.2, -0.15) is 13.2 Å². The Kier molecular flexibility index (Phi) is 3.49. The maximum Gasteiger partial charge on any atom is 0.416 e. The molecular formula is C15H16F3N3. The summed E-state index contributed by atoms with van der Waals surface area (Å²) in [5, 5.41) is 3.24. The third-order valence-electron chi connectivity index (χ3n) is 3.70. The van der Waals surface area contributed by atoms with Crippen LogP contribution in [-0.4, -0.2) is 16.1 Å². The van der Waals surface area contributed by atoms with Crippen molar-refractivity contribution < 1.29 is 13.2 Å². The van der Waals surface area contributed by atoms with Gasteiger partial charge in [-0.05, 0) is 18.2 Å². The van der Waals surface area contributed by atoms with Crippen LogP contribution >= 0.6 is 0 Å². The Balaban J connectivity index is 2.14. The highest BCUT2D eigenvalue weighted by atomic mass is 19.4. The van der Waals surface area contributed by atoms with Crippen LogP contribution in [0.4, 0.5) is 13.2 Å². The van der Waals surface area contributed by atoms with E-state index in [0.717, 1.165) is 36.2 Å². The first kappa shape index (κ1) is 14.1. The zero-order valence-electron chi connectivity index (χ0n) is 11.7. The van der Waals surface area contributed by atoms with E-state index in [-0.39, 0.29) is 0 Å². The molecule has 3 rings (SSSR count). The molecule has 1 aliphatic rings. The fraction of sp³-hybridized carbons (Fsp3) is 0.400. The molecule has 1 aromatic heterocycles. The molecule has 112 valence electrons. The predicted molar refractivity (Wildman–Crippen MR) is 73.4 cm³/mol. The lowest BCUT2D eigenvalue weighted by Gasteiger charge is -2.17. The number of aryl methyl sites for hydroxylation is 1. The van der Waals surface area contributed by atoms with E-state index < -0.39 is 11.7 Å². The molecular weight excluding hydrogens is 279 g/mol. The monoisotopic (exact) mass is 295 g/mol. The number of halogens is 3. The van der Waals surface area contributed by atoms with Crippen LogP contribution in [0.25, 0.3) is 5.69 Å². The highest BCUT2D eigenvalue weighted by molar-refractivity contribution is 5.42. The second-order valence-corrected chi connectivity index (χ2v) is 5.09. The number of fused-ring (bicyclic) bond motifs is 1. The third kappa shape index (κ3) is 2.55. The molecule has 0 radical (unpaired) electrons. The van der Waals surface area contributed by atoms with Crippen molar-refractivity contribution >= 4 is 0 Å². The number of hydrogen-bond donors (Lipinski definition) is 1. The van der Waals surface area contributed by atoms with E-state index in [9.17, 15) is 13.2 Å². The Hall–Kier alpha value is -1.82. The maximum absolute atomic E-state index is 12.9. The normalized spacial score (nSPS) is 15.0. The third-order valence-corrected chi connectivity index (χ3v) is 3.70. The van der Waals surface area contributed by atoms with Gasteiger partial charge in [0.25, 0.3) is 0 Å². The number of hydrogen-bond acceptors (Lipinski definition) is 2. The molecule has 6 heteroatoms. The fourth-order valence-corrected chi connectivity index (χ4v) is 2.73.